The maximum Gasteiger partial charge on any atom is 0.253 e. The molecular formula is C23H19ClN6O2S. The Morgan fingerprint density at radius 3 is 2.64 bits per heavy atom. The van der Waals surface area contributed by atoms with E-state index >= 15 is 0 Å². The fourth-order valence-corrected chi connectivity index (χ4v) is 4.53. The number of amides is 1. The van der Waals surface area contributed by atoms with Crippen LogP contribution in [0.5, 0.6) is 0 Å². The lowest BCUT2D eigenvalue weighted by atomic mass is 10.0. The predicted molar refractivity (Wildman–Crippen MR) is 126 cm³/mol. The zero-order valence-corrected chi connectivity index (χ0v) is 19.2. The van der Waals surface area contributed by atoms with E-state index in [0.717, 1.165) is 16.8 Å². The largest absolute Gasteiger partial charge is 0.467 e. The van der Waals surface area contributed by atoms with E-state index in [0.29, 0.717) is 28.2 Å². The van der Waals surface area contributed by atoms with Gasteiger partial charge in [-0.15, -0.1) is 10.2 Å². The third-order valence-corrected chi connectivity index (χ3v) is 6.57. The van der Waals surface area contributed by atoms with Crippen molar-refractivity contribution in [2.75, 3.05) is 5.75 Å². The highest BCUT2D eigenvalue weighted by Crippen LogP contribution is 2.34. The maximum atomic E-state index is 13.2. The molecule has 0 spiro atoms. The van der Waals surface area contributed by atoms with Crippen LogP contribution in [0.2, 0.25) is 5.02 Å². The second-order valence-corrected chi connectivity index (χ2v) is 8.80. The summed E-state index contributed by atoms with van der Waals surface area (Å²) in [4.78, 5) is 17.2. The Labute approximate surface area is 199 Å². The van der Waals surface area contributed by atoms with Crippen LogP contribution in [-0.2, 0) is 11.8 Å². The number of benzene rings is 1. The number of carbonyl (C=O) groups is 1. The van der Waals surface area contributed by atoms with Crippen LogP contribution in [0.1, 0.15) is 23.8 Å². The van der Waals surface area contributed by atoms with Gasteiger partial charge in [-0.25, -0.2) is 5.01 Å². The molecule has 5 rings (SSSR count). The Bertz CT molecular complexity index is 1290. The molecule has 1 aliphatic heterocycles. The van der Waals surface area contributed by atoms with E-state index in [9.17, 15) is 4.79 Å². The van der Waals surface area contributed by atoms with Gasteiger partial charge in [-0.3, -0.25) is 9.78 Å². The summed E-state index contributed by atoms with van der Waals surface area (Å²) in [7, 11) is 1.88. The van der Waals surface area contributed by atoms with Crippen LogP contribution in [0.25, 0.3) is 11.4 Å². The molecule has 0 saturated heterocycles. The Balaban J connectivity index is 1.35. The van der Waals surface area contributed by atoms with Gasteiger partial charge in [0.15, 0.2) is 11.0 Å². The fourth-order valence-electron chi connectivity index (χ4n) is 3.64. The predicted octanol–water partition coefficient (Wildman–Crippen LogP) is 4.59. The summed E-state index contributed by atoms with van der Waals surface area (Å²) >= 11 is 7.34. The zero-order valence-electron chi connectivity index (χ0n) is 17.6. The third-order valence-electron chi connectivity index (χ3n) is 5.31. The standard InChI is InChI=1S/C23H19ClN6O2S/c1-29-22(16-8-10-25-11-9-16)26-27-23(29)33-14-21(31)30-19(20-3-2-12-32-20)13-18(28-30)15-4-6-17(24)7-5-15/h2-12,19H,13-14H2,1H3. The molecule has 1 atom stereocenters. The van der Waals surface area contributed by atoms with Crippen LogP contribution in [0, 0.1) is 0 Å². The number of pyridine rings is 1. The van der Waals surface area contributed by atoms with Gasteiger partial charge < -0.3 is 8.98 Å². The van der Waals surface area contributed by atoms with Gasteiger partial charge in [0.2, 0.25) is 0 Å². The van der Waals surface area contributed by atoms with Crippen molar-refractivity contribution in [3.8, 4) is 11.4 Å². The summed E-state index contributed by atoms with van der Waals surface area (Å²) in [5.41, 5.74) is 2.65. The van der Waals surface area contributed by atoms with E-state index in [1.165, 1.54) is 16.8 Å². The SMILES string of the molecule is Cn1c(SCC(=O)N2N=C(c3ccc(Cl)cc3)CC2c2ccco2)nnc1-c1ccncc1. The van der Waals surface area contributed by atoms with Crippen molar-refractivity contribution in [2.24, 2.45) is 12.1 Å². The molecular weight excluding hydrogens is 460 g/mol. The van der Waals surface area contributed by atoms with E-state index in [1.807, 2.05) is 60.1 Å². The highest BCUT2D eigenvalue weighted by Gasteiger charge is 2.35. The number of hydrazone groups is 1. The number of rotatable bonds is 6. The Morgan fingerprint density at radius 1 is 1.12 bits per heavy atom. The molecule has 3 aromatic heterocycles. The number of hydrogen-bond acceptors (Lipinski definition) is 7. The lowest BCUT2D eigenvalue weighted by Gasteiger charge is -2.19. The molecule has 4 aromatic rings. The van der Waals surface area contributed by atoms with Crippen LogP contribution < -0.4 is 0 Å². The molecule has 0 aliphatic carbocycles. The first-order chi connectivity index (χ1) is 16.1. The molecule has 0 radical (unpaired) electrons. The van der Waals surface area contributed by atoms with Crippen LogP contribution in [0.3, 0.4) is 0 Å². The molecule has 0 fully saturated rings. The molecule has 33 heavy (non-hydrogen) atoms. The molecule has 8 nitrogen and oxygen atoms in total. The quantitative estimate of drug-likeness (QED) is 0.376. The van der Waals surface area contributed by atoms with Crippen LogP contribution in [-0.4, -0.2) is 42.1 Å². The van der Waals surface area contributed by atoms with Gasteiger partial charge in [-0.2, -0.15) is 5.10 Å². The zero-order chi connectivity index (χ0) is 22.8. The average molecular weight is 479 g/mol. The van der Waals surface area contributed by atoms with Gasteiger partial charge in [0.25, 0.3) is 5.91 Å². The van der Waals surface area contributed by atoms with Crippen molar-refractivity contribution >= 4 is 35.0 Å². The molecule has 1 unspecified atom stereocenters. The van der Waals surface area contributed by atoms with Crippen molar-refractivity contribution in [2.45, 2.75) is 17.6 Å². The van der Waals surface area contributed by atoms with Gasteiger partial charge in [0.1, 0.15) is 11.8 Å². The minimum atomic E-state index is -0.300. The number of aromatic nitrogens is 4. The first-order valence-electron chi connectivity index (χ1n) is 10.2. The fraction of sp³-hybridized carbons (Fsp3) is 0.174. The summed E-state index contributed by atoms with van der Waals surface area (Å²) in [5, 5.41) is 16.0. The van der Waals surface area contributed by atoms with Crippen LogP contribution in [0.15, 0.2) is 81.9 Å². The molecule has 0 bridgehead atoms. The van der Waals surface area contributed by atoms with E-state index in [4.69, 9.17) is 16.0 Å². The number of furan rings is 1. The molecule has 1 aromatic carbocycles. The molecule has 0 N–H and O–H groups in total. The van der Waals surface area contributed by atoms with Crippen molar-refractivity contribution in [3.63, 3.8) is 0 Å². The average Bonchev–Trinajstić information content (AvgIpc) is 3.59. The van der Waals surface area contributed by atoms with Crippen molar-refractivity contribution in [3.05, 3.63) is 83.5 Å². The molecule has 1 amide bonds. The number of carbonyl (C=O) groups excluding carboxylic acids is 1. The maximum absolute atomic E-state index is 13.2. The van der Waals surface area contributed by atoms with E-state index in [1.54, 1.807) is 18.7 Å². The van der Waals surface area contributed by atoms with Gasteiger partial charge in [0, 0.05) is 36.4 Å². The summed E-state index contributed by atoms with van der Waals surface area (Å²) in [5.74, 6) is 1.43. The van der Waals surface area contributed by atoms with Crippen molar-refractivity contribution in [1.82, 2.24) is 24.8 Å². The number of halogens is 1. The molecule has 166 valence electrons. The van der Waals surface area contributed by atoms with E-state index in [-0.39, 0.29) is 17.7 Å². The highest BCUT2D eigenvalue weighted by molar-refractivity contribution is 7.99. The Morgan fingerprint density at radius 2 is 1.91 bits per heavy atom. The molecule has 10 heteroatoms. The lowest BCUT2D eigenvalue weighted by Crippen LogP contribution is -2.28. The van der Waals surface area contributed by atoms with Crippen molar-refractivity contribution in [1.29, 1.82) is 0 Å². The van der Waals surface area contributed by atoms with Gasteiger partial charge in [-0.1, -0.05) is 35.5 Å². The smallest absolute Gasteiger partial charge is 0.253 e. The number of thioether (sulfide) groups is 1. The lowest BCUT2D eigenvalue weighted by molar-refractivity contribution is -0.130. The highest BCUT2D eigenvalue weighted by atomic mass is 35.5. The minimum Gasteiger partial charge on any atom is -0.467 e. The number of hydrogen-bond donors (Lipinski definition) is 0. The summed E-state index contributed by atoms with van der Waals surface area (Å²) < 4.78 is 7.47. The normalized spacial score (nSPS) is 15.6. The summed E-state index contributed by atoms with van der Waals surface area (Å²) in [6, 6.07) is 14.6. The molecule has 0 saturated carbocycles. The monoisotopic (exact) mass is 478 g/mol. The third kappa shape index (κ3) is 4.42. The first kappa shape index (κ1) is 21.4. The Hall–Kier alpha value is -3.43. The molecule has 1 aliphatic rings. The van der Waals surface area contributed by atoms with Crippen LogP contribution in [0.4, 0.5) is 0 Å². The number of nitrogens with zero attached hydrogens (tertiary/aromatic N) is 6. The summed E-state index contributed by atoms with van der Waals surface area (Å²) in [6.45, 7) is 0. The topological polar surface area (TPSA) is 89.4 Å². The second kappa shape index (κ2) is 9.21. The van der Waals surface area contributed by atoms with Crippen LogP contribution >= 0.6 is 23.4 Å². The van der Waals surface area contributed by atoms with E-state index < -0.39 is 0 Å². The second-order valence-electron chi connectivity index (χ2n) is 7.42. The Kier molecular flexibility index (Phi) is 5.97. The van der Waals surface area contributed by atoms with Gasteiger partial charge in [0.05, 0.1) is 17.7 Å². The van der Waals surface area contributed by atoms with Gasteiger partial charge >= 0.3 is 0 Å². The van der Waals surface area contributed by atoms with Gasteiger partial charge in [-0.05, 0) is 42.0 Å². The molecule has 4 heterocycles. The summed E-state index contributed by atoms with van der Waals surface area (Å²) in [6.07, 6.45) is 5.58. The minimum absolute atomic E-state index is 0.140. The van der Waals surface area contributed by atoms with E-state index in [2.05, 4.69) is 20.3 Å². The first-order valence-corrected chi connectivity index (χ1v) is 11.6. The van der Waals surface area contributed by atoms with Crippen molar-refractivity contribution < 1.29 is 9.21 Å².